The number of hydrogen-bond acceptors (Lipinski definition) is 8. The first-order chi connectivity index (χ1) is 20.9. The zero-order valence-corrected chi connectivity index (χ0v) is 24.8. The van der Waals surface area contributed by atoms with Crippen molar-refractivity contribution in [1.82, 2.24) is 20.2 Å². The molecule has 15 heteroatoms. The molecule has 1 unspecified atom stereocenters. The van der Waals surface area contributed by atoms with Crippen LogP contribution in [-0.2, 0) is 6.42 Å². The van der Waals surface area contributed by atoms with E-state index in [2.05, 4.69) is 15.5 Å². The maximum absolute atomic E-state index is 14.3. The highest BCUT2D eigenvalue weighted by Gasteiger charge is 2.55. The average molecular weight is 647 g/mol. The van der Waals surface area contributed by atoms with E-state index in [9.17, 15) is 42.4 Å². The second kappa shape index (κ2) is 11.6. The minimum atomic E-state index is -2.94. The lowest BCUT2D eigenvalue weighted by atomic mass is 9.78. The van der Waals surface area contributed by atoms with Gasteiger partial charge in [0.05, 0.1) is 35.9 Å². The van der Waals surface area contributed by atoms with Crippen LogP contribution in [0.2, 0.25) is 0 Å². The molecule has 6 rings (SSSR count). The van der Waals surface area contributed by atoms with Crippen molar-refractivity contribution < 1.29 is 46.9 Å². The highest BCUT2D eigenvalue weighted by atomic mass is 32.2. The number of aromatic nitrogens is 4. The zero-order chi connectivity index (χ0) is 31.6. The van der Waals surface area contributed by atoms with Crippen LogP contribution in [0.3, 0.4) is 0 Å². The van der Waals surface area contributed by atoms with Gasteiger partial charge in [0.15, 0.2) is 17.5 Å². The minimum absolute atomic E-state index is 0.0184. The van der Waals surface area contributed by atoms with Crippen LogP contribution in [0.25, 0.3) is 11.3 Å². The lowest BCUT2D eigenvalue weighted by Gasteiger charge is -2.52. The van der Waals surface area contributed by atoms with Gasteiger partial charge in [-0.05, 0) is 44.2 Å². The summed E-state index contributed by atoms with van der Waals surface area (Å²) in [6.07, 6.45) is -0.682. The first-order valence-corrected chi connectivity index (χ1v) is 16.4. The Hall–Kier alpha value is -2.59. The van der Waals surface area contributed by atoms with Crippen LogP contribution < -0.4 is 0 Å². The molecule has 242 valence electrons. The first-order valence-electron chi connectivity index (χ1n) is 14.8. The van der Waals surface area contributed by atoms with Crippen molar-refractivity contribution in [2.75, 3.05) is 12.4 Å². The Balaban J connectivity index is 1.36. The van der Waals surface area contributed by atoms with Crippen LogP contribution in [0.5, 0.6) is 0 Å². The summed E-state index contributed by atoms with van der Waals surface area (Å²) in [7, 11) is -1.70. The van der Waals surface area contributed by atoms with Gasteiger partial charge in [-0.2, -0.15) is 0 Å². The predicted octanol–water partition coefficient (Wildman–Crippen LogP) is 4.11. The molecule has 3 aliphatic rings. The second-order valence-corrected chi connectivity index (χ2v) is 14.8. The van der Waals surface area contributed by atoms with E-state index in [1.807, 2.05) is 6.92 Å². The minimum Gasteiger partial charge on any atom is -0.395 e. The van der Waals surface area contributed by atoms with Crippen molar-refractivity contribution in [3.63, 3.8) is 0 Å². The Morgan fingerprint density at radius 1 is 1.09 bits per heavy atom. The van der Waals surface area contributed by atoms with E-state index in [4.69, 9.17) is 4.52 Å². The van der Waals surface area contributed by atoms with Gasteiger partial charge >= 0.3 is 0 Å². The molecular weight excluding hydrogens is 611 g/mol. The van der Waals surface area contributed by atoms with E-state index in [0.29, 0.717) is 17.9 Å². The third-order valence-electron chi connectivity index (χ3n) is 9.34. The Kier molecular flexibility index (Phi) is 8.31. The van der Waals surface area contributed by atoms with Crippen LogP contribution in [0.4, 0.5) is 22.0 Å². The van der Waals surface area contributed by atoms with E-state index in [0.717, 1.165) is 35.2 Å². The monoisotopic (exact) mass is 646 g/mol. The number of nitrogens with zero attached hydrogens (tertiary/aromatic N) is 4. The maximum Gasteiger partial charge on any atom is 0.248 e. The SMILES string of the molecule is CCc1c([C@H]([SH]2C[C@H](O)[C@H](n3cc(-c4cc(F)c(F)c(F)c4)nn3)[C@@H](O)[C@H]2CO)C2(O)CCC(F)(F)CC2)noc1C1CC1. The highest BCUT2D eigenvalue weighted by Crippen LogP contribution is 2.62. The number of halogens is 5. The fourth-order valence-corrected chi connectivity index (χ4v) is 10.5. The number of hydrogen-bond donors (Lipinski definition) is 5. The van der Waals surface area contributed by atoms with Gasteiger partial charge in [0.2, 0.25) is 5.92 Å². The Bertz CT molecular complexity index is 1480. The van der Waals surface area contributed by atoms with E-state index < -0.39 is 88.1 Å². The Morgan fingerprint density at radius 3 is 2.34 bits per heavy atom. The summed E-state index contributed by atoms with van der Waals surface area (Å²) in [6.45, 7) is 1.36. The molecule has 1 aromatic carbocycles. The van der Waals surface area contributed by atoms with Gasteiger partial charge < -0.3 is 24.9 Å². The van der Waals surface area contributed by atoms with Gasteiger partial charge in [-0.1, -0.05) is 17.3 Å². The molecule has 2 aliphatic carbocycles. The zero-order valence-electron chi connectivity index (χ0n) is 23.9. The number of benzene rings is 1. The van der Waals surface area contributed by atoms with Crippen molar-refractivity contribution in [1.29, 1.82) is 0 Å². The molecule has 2 saturated carbocycles. The highest BCUT2D eigenvalue weighted by molar-refractivity contribution is 8.18. The fourth-order valence-electron chi connectivity index (χ4n) is 6.83. The summed E-state index contributed by atoms with van der Waals surface area (Å²) in [5.41, 5.74) is -0.601. The van der Waals surface area contributed by atoms with Crippen molar-refractivity contribution in [2.24, 2.45) is 0 Å². The lowest BCUT2D eigenvalue weighted by molar-refractivity contribution is -0.105. The second-order valence-electron chi connectivity index (χ2n) is 12.2. The Morgan fingerprint density at radius 2 is 1.75 bits per heavy atom. The van der Waals surface area contributed by atoms with Crippen molar-refractivity contribution in [3.8, 4) is 11.3 Å². The van der Waals surface area contributed by atoms with E-state index in [-0.39, 0.29) is 35.8 Å². The van der Waals surface area contributed by atoms with E-state index >= 15 is 0 Å². The molecule has 1 saturated heterocycles. The molecule has 3 heterocycles. The van der Waals surface area contributed by atoms with Gasteiger partial charge in [-0.15, -0.1) is 5.10 Å². The topological polar surface area (TPSA) is 138 Å². The molecule has 3 aromatic rings. The molecule has 6 atom stereocenters. The molecule has 0 spiro atoms. The smallest absolute Gasteiger partial charge is 0.248 e. The van der Waals surface area contributed by atoms with E-state index in [1.165, 1.54) is 6.20 Å². The van der Waals surface area contributed by atoms with Gasteiger partial charge in [-0.3, -0.25) is 0 Å². The average Bonchev–Trinajstić information content (AvgIpc) is 3.56. The first kappa shape index (κ1) is 31.4. The number of thiol groups is 1. The number of aliphatic hydroxyl groups is 4. The molecule has 44 heavy (non-hydrogen) atoms. The standard InChI is InChI=1S/C29H35F5N4O5S/c1-2-16-23(36-43-26(16)14-3-4-14)27(28(42)5-7-29(33,34)8-6-28)44-13-20(40)24(25(41)21(44)12-39)38-11-19(35-37-38)15-9-17(30)22(32)18(31)10-15/h9-11,14,20-21,24-25,27,39-42,44H,2-8,12-13H2,1H3/t20-,21+,24-,25-,27-/m0/s1. The van der Waals surface area contributed by atoms with Gasteiger partial charge in [0.25, 0.3) is 0 Å². The summed E-state index contributed by atoms with van der Waals surface area (Å²) in [6, 6.07) is 0.334. The van der Waals surface area contributed by atoms with Gasteiger partial charge in [-0.25, -0.2) is 37.5 Å². The summed E-state index contributed by atoms with van der Waals surface area (Å²) in [4.78, 5) is 0. The molecule has 0 amide bonds. The van der Waals surface area contributed by atoms with E-state index in [1.54, 1.807) is 0 Å². The summed E-state index contributed by atoms with van der Waals surface area (Å²) in [5.74, 6) is -6.55. The molecule has 0 radical (unpaired) electrons. The van der Waals surface area contributed by atoms with Crippen LogP contribution >= 0.6 is 10.9 Å². The van der Waals surface area contributed by atoms with Crippen molar-refractivity contribution in [2.45, 2.75) is 98.1 Å². The van der Waals surface area contributed by atoms with Gasteiger partial charge in [0.1, 0.15) is 23.2 Å². The maximum atomic E-state index is 14.3. The van der Waals surface area contributed by atoms with Crippen LogP contribution in [0.1, 0.15) is 79.7 Å². The fraction of sp³-hybridized carbons (Fsp3) is 0.621. The summed E-state index contributed by atoms with van der Waals surface area (Å²) >= 11 is 0. The van der Waals surface area contributed by atoms with Crippen molar-refractivity contribution >= 4 is 10.9 Å². The molecular formula is C29H35F5N4O5S. The van der Waals surface area contributed by atoms with Crippen LogP contribution in [0.15, 0.2) is 22.9 Å². The molecule has 2 aromatic heterocycles. The Labute approximate surface area is 252 Å². The normalized spacial score (nSPS) is 29.9. The quantitative estimate of drug-likeness (QED) is 0.140. The molecule has 0 bridgehead atoms. The molecule has 1 aliphatic heterocycles. The molecule has 4 N–H and O–H groups in total. The lowest BCUT2D eigenvalue weighted by Crippen LogP contribution is -2.53. The van der Waals surface area contributed by atoms with Crippen LogP contribution in [0, 0.1) is 17.5 Å². The number of rotatable bonds is 8. The van der Waals surface area contributed by atoms with Crippen LogP contribution in [-0.4, -0.2) is 81.9 Å². The molecule has 3 fully saturated rings. The number of alkyl halides is 2. The predicted molar refractivity (Wildman–Crippen MR) is 150 cm³/mol. The van der Waals surface area contributed by atoms with Gasteiger partial charge in [0, 0.05) is 40.9 Å². The molecule has 9 nitrogen and oxygen atoms in total. The van der Waals surface area contributed by atoms with Crippen molar-refractivity contribution in [3.05, 3.63) is 52.8 Å². The third kappa shape index (κ3) is 5.54. The summed E-state index contributed by atoms with van der Waals surface area (Å²) < 4.78 is 76.6. The number of aliphatic hydroxyl groups excluding tert-OH is 3. The third-order valence-corrected chi connectivity index (χ3v) is 12.8. The summed E-state index contributed by atoms with van der Waals surface area (Å²) in [5, 5.41) is 56.1. The largest absolute Gasteiger partial charge is 0.395 e.